The van der Waals surface area contributed by atoms with Crippen molar-refractivity contribution in [3.63, 3.8) is 0 Å². The Morgan fingerprint density at radius 3 is 2.85 bits per heavy atom. The fourth-order valence-corrected chi connectivity index (χ4v) is 2.59. The summed E-state index contributed by atoms with van der Waals surface area (Å²) in [4.78, 5) is 25.2. The van der Waals surface area contributed by atoms with Gasteiger partial charge in [0.25, 0.3) is 5.91 Å². The highest BCUT2D eigenvalue weighted by Crippen LogP contribution is 2.19. The average molecular weight is 277 g/mol. The molecule has 1 aliphatic heterocycles. The average Bonchev–Trinajstić information content (AvgIpc) is 2.47. The summed E-state index contributed by atoms with van der Waals surface area (Å²) in [7, 11) is 1.66. The highest BCUT2D eigenvalue weighted by Gasteiger charge is 2.24. The van der Waals surface area contributed by atoms with Crippen LogP contribution in [0.3, 0.4) is 0 Å². The van der Waals surface area contributed by atoms with Crippen molar-refractivity contribution in [2.24, 2.45) is 5.92 Å². The zero-order valence-corrected chi connectivity index (χ0v) is 11.5. The lowest BCUT2D eigenvalue weighted by Gasteiger charge is -2.32. The first kappa shape index (κ1) is 14.5. The molecule has 0 spiro atoms. The molecule has 20 heavy (non-hydrogen) atoms. The van der Waals surface area contributed by atoms with Crippen molar-refractivity contribution >= 4 is 11.9 Å². The summed E-state index contributed by atoms with van der Waals surface area (Å²) in [6.45, 7) is 2.04. The summed E-state index contributed by atoms with van der Waals surface area (Å²) >= 11 is 0. The van der Waals surface area contributed by atoms with Gasteiger partial charge >= 0.3 is 5.97 Å². The van der Waals surface area contributed by atoms with Crippen molar-refractivity contribution in [1.29, 1.82) is 0 Å². The first-order valence-electron chi connectivity index (χ1n) is 6.73. The molecule has 0 bridgehead atoms. The number of rotatable bonds is 4. The first-order chi connectivity index (χ1) is 9.61. The van der Waals surface area contributed by atoms with E-state index in [2.05, 4.69) is 0 Å². The molecule has 0 saturated carbocycles. The molecule has 1 aliphatic rings. The Balaban J connectivity index is 2.10. The third-order valence-electron chi connectivity index (χ3n) is 3.57. The van der Waals surface area contributed by atoms with Gasteiger partial charge in [-0.3, -0.25) is 4.79 Å². The van der Waals surface area contributed by atoms with Crippen molar-refractivity contribution in [3.05, 3.63) is 35.4 Å². The molecule has 5 nitrogen and oxygen atoms in total. The van der Waals surface area contributed by atoms with E-state index in [1.165, 1.54) is 12.1 Å². The Kier molecular flexibility index (Phi) is 4.74. The van der Waals surface area contributed by atoms with Crippen LogP contribution in [-0.2, 0) is 4.74 Å². The fourth-order valence-electron chi connectivity index (χ4n) is 2.59. The molecule has 1 atom stereocenters. The predicted molar refractivity (Wildman–Crippen MR) is 73.9 cm³/mol. The molecule has 2 rings (SSSR count). The van der Waals surface area contributed by atoms with Crippen LogP contribution in [-0.4, -0.2) is 48.7 Å². The maximum absolute atomic E-state index is 12.4. The molecule has 1 saturated heterocycles. The molecule has 0 aliphatic carbocycles. The second-order valence-electron chi connectivity index (χ2n) is 5.10. The predicted octanol–water partition coefficient (Wildman–Crippen LogP) is 1.88. The van der Waals surface area contributed by atoms with Gasteiger partial charge in [-0.15, -0.1) is 0 Å². The number of carbonyl (C=O) groups is 2. The van der Waals surface area contributed by atoms with E-state index in [4.69, 9.17) is 9.84 Å². The van der Waals surface area contributed by atoms with Crippen LogP contribution in [0.2, 0.25) is 0 Å². The van der Waals surface area contributed by atoms with Gasteiger partial charge in [0.05, 0.1) is 12.2 Å². The third-order valence-corrected chi connectivity index (χ3v) is 3.57. The number of nitrogens with zero attached hydrogens (tertiary/aromatic N) is 1. The first-order valence-corrected chi connectivity index (χ1v) is 6.73. The van der Waals surface area contributed by atoms with Crippen LogP contribution < -0.4 is 0 Å². The van der Waals surface area contributed by atoms with E-state index in [1.54, 1.807) is 24.1 Å². The number of likely N-dealkylation sites (tertiary alicyclic amines) is 1. The topological polar surface area (TPSA) is 66.8 Å². The number of carboxylic acids is 1. The number of benzene rings is 1. The van der Waals surface area contributed by atoms with E-state index in [1.807, 2.05) is 0 Å². The standard InChI is InChI=1S/C15H19NO4/c1-20-10-11-4-3-7-16(9-11)14(17)12-5-2-6-13(8-12)15(18)19/h2,5-6,8,11H,3-4,7,9-10H2,1H3,(H,18,19)/t11-/m0/s1. The summed E-state index contributed by atoms with van der Waals surface area (Å²) in [5.74, 6) is -0.759. The Bertz CT molecular complexity index is 498. The minimum absolute atomic E-state index is 0.103. The van der Waals surface area contributed by atoms with E-state index in [0.29, 0.717) is 24.6 Å². The van der Waals surface area contributed by atoms with Gasteiger partial charge in [-0.2, -0.15) is 0 Å². The normalized spacial score (nSPS) is 18.9. The van der Waals surface area contributed by atoms with Gasteiger partial charge in [0.2, 0.25) is 0 Å². The highest BCUT2D eigenvalue weighted by molar-refractivity contribution is 5.97. The van der Waals surface area contributed by atoms with Gasteiger partial charge in [-0.1, -0.05) is 6.07 Å². The molecule has 0 radical (unpaired) electrons. The summed E-state index contributed by atoms with van der Waals surface area (Å²) < 4.78 is 5.15. The van der Waals surface area contributed by atoms with Gasteiger partial charge < -0.3 is 14.7 Å². The van der Waals surface area contributed by atoms with Crippen LogP contribution in [0, 0.1) is 5.92 Å². The van der Waals surface area contributed by atoms with Gasteiger partial charge in [-0.25, -0.2) is 4.79 Å². The van der Waals surface area contributed by atoms with Gasteiger partial charge in [-0.05, 0) is 37.0 Å². The lowest BCUT2D eigenvalue weighted by atomic mass is 9.98. The second-order valence-corrected chi connectivity index (χ2v) is 5.10. The molecule has 1 amide bonds. The molecular formula is C15H19NO4. The van der Waals surface area contributed by atoms with Crippen LogP contribution >= 0.6 is 0 Å². The number of aromatic carboxylic acids is 1. The number of methoxy groups -OCH3 is 1. The highest BCUT2D eigenvalue weighted by atomic mass is 16.5. The van der Waals surface area contributed by atoms with Gasteiger partial charge in [0.15, 0.2) is 0 Å². The zero-order chi connectivity index (χ0) is 14.5. The van der Waals surface area contributed by atoms with Crippen molar-refractivity contribution in [2.75, 3.05) is 26.8 Å². The van der Waals surface area contributed by atoms with Crippen LogP contribution in [0.1, 0.15) is 33.6 Å². The summed E-state index contributed by atoms with van der Waals surface area (Å²) in [5.41, 5.74) is 0.573. The summed E-state index contributed by atoms with van der Waals surface area (Å²) in [6.07, 6.45) is 2.02. The number of hydrogen-bond acceptors (Lipinski definition) is 3. The number of carbonyl (C=O) groups excluding carboxylic acids is 1. The van der Waals surface area contributed by atoms with Gasteiger partial charge in [0.1, 0.15) is 0 Å². The molecule has 108 valence electrons. The Morgan fingerprint density at radius 2 is 2.15 bits per heavy atom. The number of hydrogen-bond donors (Lipinski definition) is 1. The van der Waals surface area contributed by atoms with E-state index in [9.17, 15) is 9.59 Å². The minimum Gasteiger partial charge on any atom is -0.478 e. The van der Waals surface area contributed by atoms with E-state index in [0.717, 1.165) is 19.4 Å². The van der Waals surface area contributed by atoms with Crippen molar-refractivity contribution < 1.29 is 19.4 Å². The third kappa shape index (κ3) is 3.36. The maximum Gasteiger partial charge on any atom is 0.335 e. The molecule has 1 heterocycles. The molecule has 1 aromatic carbocycles. The molecule has 1 aromatic rings. The van der Waals surface area contributed by atoms with Gasteiger partial charge in [0, 0.05) is 25.8 Å². The van der Waals surface area contributed by atoms with Crippen molar-refractivity contribution in [2.45, 2.75) is 12.8 Å². The van der Waals surface area contributed by atoms with Crippen molar-refractivity contribution in [3.8, 4) is 0 Å². The smallest absolute Gasteiger partial charge is 0.335 e. The minimum atomic E-state index is -1.02. The number of piperidine rings is 1. The second kappa shape index (κ2) is 6.52. The molecule has 1 fully saturated rings. The fraction of sp³-hybridized carbons (Fsp3) is 0.467. The SMILES string of the molecule is COC[C@H]1CCCN(C(=O)c2cccc(C(=O)O)c2)C1. The zero-order valence-electron chi connectivity index (χ0n) is 11.5. The van der Waals surface area contributed by atoms with Crippen LogP contribution in [0.4, 0.5) is 0 Å². The number of amides is 1. The molecule has 0 aromatic heterocycles. The number of carboxylic acid groups (broad SMARTS) is 1. The largest absolute Gasteiger partial charge is 0.478 e. The lowest BCUT2D eigenvalue weighted by Crippen LogP contribution is -2.41. The van der Waals surface area contributed by atoms with E-state index < -0.39 is 5.97 Å². The molecule has 1 N–H and O–H groups in total. The van der Waals surface area contributed by atoms with E-state index >= 15 is 0 Å². The van der Waals surface area contributed by atoms with Crippen LogP contribution in [0.25, 0.3) is 0 Å². The van der Waals surface area contributed by atoms with Crippen LogP contribution in [0.5, 0.6) is 0 Å². The maximum atomic E-state index is 12.4. The van der Waals surface area contributed by atoms with Crippen LogP contribution in [0.15, 0.2) is 24.3 Å². The quantitative estimate of drug-likeness (QED) is 0.912. The lowest BCUT2D eigenvalue weighted by molar-refractivity contribution is 0.0571. The summed E-state index contributed by atoms with van der Waals surface area (Å²) in [5, 5.41) is 8.97. The molecule has 0 unspecified atom stereocenters. The Labute approximate surface area is 118 Å². The monoisotopic (exact) mass is 277 g/mol. The Hall–Kier alpha value is -1.88. The van der Waals surface area contributed by atoms with E-state index in [-0.39, 0.29) is 11.5 Å². The molecule has 5 heteroatoms. The molecular weight excluding hydrogens is 258 g/mol. The number of ether oxygens (including phenoxy) is 1. The summed E-state index contributed by atoms with van der Waals surface area (Å²) in [6, 6.07) is 6.19. The Morgan fingerprint density at radius 1 is 1.40 bits per heavy atom. The van der Waals surface area contributed by atoms with Crippen molar-refractivity contribution in [1.82, 2.24) is 4.90 Å².